The van der Waals surface area contributed by atoms with Gasteiger partial charge in [0.05, 0.1) is 6.54 Å². The third kappa shape index (κ3) is 4.08. The lowest BCUT2D eigenvalue weighted by Crippen LogP contribution is -2.34. The number of amides is 1. The van der Waals surface area contributed by atoms with Crippen LogP contribution in [0.3, 0.4) is 0 Å². The van der Waals surface area contributed by atoms with Crippen LogP contribution in [0, 0.1) is 11.6 Å². The Bertz CT molecular complexity index is 1120. The summed E-state index contributed by atoms with van der Waals surface area (Å²) in [7, 11) is 0. The van der Waals surface area contributed by atoms with E-state index in [1.807, 2.05) is 36.4 Å². The summed E-state index contributed by atoms with van der Waals surface area (Å²) in [6, 6.07) is 15.9. The molecule has 1 N–H and O–H groups in total. The number of nitrogens with one attached hydrogen (secondary N) is 1. The first kappa shape index (κ1) is 19.8. The van der Waals surface area contributed by atoms with Crippen LogP contribution >= 0.6 is 0 Å². The van der Waals surface area contributed by atoms with E-state index in [-0.39, 0.29) is 24.0 Å². The molecule has 30 heavy (non-hydrogen) atoms. The second-order valence-electron chi connectivity index (χ2n) is 7.24. The molecule has 6 heteroatoms. The number of Topliss-reactive ketones (excluding diaryl/α,β-unsaturated/α-hetero) is 1. The van der Waals surface area contributed by atoms with Crippen LogP contribution < -0.4 is 10.1 Å². The van der Waals surface area contributed by atoms with E-state index in [9.17, 15) is 18.4 Å². The average molecular weight is 407 g/mol. The Hall–Kier alpha value is -3.54. The Labute approximate surface area is 172 Å². The Morgan fingerprint density at radius 1 is 1.03 bits per heavy atom. The molecule has 0 bridgehead atoms. The van der Waals surface area contributed by atoms with Gasteiger partial charge in [0.15, 0.2) is 5.78 Å². The molecule has 0 fully saturated rings. The molecule has 0 spiro atoms. The minimum absolute atomic E-state index is 0.00303. The van der Waals surface area contributed by atoms with Crippen LogP contribution in [-0.2, 0) is 6.42 Å². The van der Waals surface area contributed by atoms with Gasteiger partial charge in [-0.15, -0.1) is 0 Å². The van der Waals surface area contributed by atoms with E-state index in [1.165, 1.54) is 0 Å². The van der Waals surface area contributed by atoms with E-state index in [0.29, 0.717) is 12.0 Å². The maximum atomic E-state index is 13.3. The maximum Gasteiger partial charge on any atom is 0.251 e. The Balaban J connectivity index is 1.45. The van der Waals surface area contributed by atoms with E-state index < -0.39 is 17.5 Å². The molecule has 1 aliphatic rings. The predicted octanol–water partition coefficient (Wildman–Crippen LogP) is 4.57. The second kappa shape index (κ2) is 8.06. The summed E-state index contributed by atoms with van der Waals surface area (Å²) >= 11 is 0. The van der Waals surface area contributed by atoms with Gasteiger partial charge in [-0.25, -0.2) is 8.78 Å². The maximum absolute atomic E-state index is 13.3. The van der Waals surface area contributed by atoms with Crippen LogP contribution in [0.2, 0.25) is 0 Å². The molecule has 0 aromatic heterocycles. The first-order chi connectivity index (χ1) is 14.4. The molecule has 1 heterocycles. The lowest BCUT2D eigenvalue weighted by Gasteiger charge is -2.12. The van der Waals surface area contributed by atoms with Gasteiger partial charge in [0.25, 0.3) is 5.91 Å². The number of fused-ring (bicyclic) bond motifs is 1. The van der Waals surface area contributed by atoms with Crippen molar-refractivity contribution in [3.8, 4) is 16.9 Å². The fourth-order valence-corrected chi connectivity index (χ4v) is 3.64. The number of carbonyl (C=O) groups excluding carboxylic acids is 2. The lowest BCUT2D eigenvalue weighted by atomic mass is 9.95. The van der Waals surface area contributed by atoms with Gasteiger partial charge in [-0.1, -0.05) is 30.3 Å². The topological polar surface area (TPSA) is 55.4 Å². The average Bonchev–Trinajstić information content (AvgIpc) is 3.13. The first-order valence-corrected chi connectivity index (χ1v) is 9.55. The van der Waals surface area contributed by atoms with Crippen LogP contribution in [0.1, 0.15) is 33.2 Å². The molecule has 3 aromatic carbocycles. The number of carbonyl (C=O) groups is 2. The number of ether oxygens (including phenoxy) is 1. The van der Waals surface area contributed by atoms with Crippen molar-refractivity contribution in [3.05, 3.63) is 89.0 Å². The van der Waals surface area contributed by atoms with Crippen LogP contribution in [-0.4, -0.2) is 24.3 Å². The summed E-state index contributed by atoms with van der Waals surface area (Å²) in [5.41, 5.74) is 3.33. The molecule has 0 saturated carbocycles. The fraction of sp³-hybridized carbons (Fsp3) is 0.167. The van der Waals surface area contributed by atoms with Gasteiger partial charge in [-0.05, 0) is 47.9 Å². The van der Waals surface area contributed by atoms with E-state index in [2.05, 4.69) is 5.32 Å². The SMILES string of the molecule is CC(=O)c1ccccc1-c1ccc2c(c1)CC(CNC(=O)c1cc(F)cc(F)c1)O2. The van der Waals surface area contributed by atoms with Crippen molar-refractivity contribution in [1.29, 1.82) is 0 Å². The minimum Gasteiger partial charge on any atom is -0.488 e. The highest BCUT2D eigenvalue weighted by Gasteiger charge is 2.24. The summed E-state index contributed by atoms with van der Waals surface area (Å²) in [6.07, 6.45) is 0.282. The van der Waals surface area contributed by atoms with Gasteiger partial charge in [0, 0.05) is 23.6 Å². The van der Waals surface area contributed by atoms with Gasteiger partial charge in [-0.3, -0.25) is 9.59 Å². The highest BCUT2D eigenvalue weighted by Crippen LogP contribution is 2.34. The van der Waals surface area contributed by atoms with Crippen LogP contribution in [0.4, 0.5) is 8.78 Å². The highest BCUT2D eigenvalue weighted by atomic mass is 19.1. The quantitative estimate of drug-likeness (QED) is 0.631. The molecular weight excluding hydrogens is 388 g/mol. The molecule has 1 unspecified atom stereocenters. The van der Waals surface area contributed by atoms with Crippen LogP contribution in [0.5, 0.6) is 5.75 Å². The van der Waals surface area contributed by atoms with Gasteiger partial charge in [0.2, 0.25) is 0 Å². The molecular formula is C24H19F2NO3. The number of halogens is 2. The molecule has 0 saturated heterocycles. The normalized spacial score (nSPS) is 14.7. The Kier molecular flexibility index (Phi) is 5.31. The fourth-order valence-electron chi connectivity index (χ4n) is 3.64. The Morgan fingerprint density at radius 2 is 1.77 bits per heavy atom. The Morgan fingerprint density at radius 3 is 2.50 bits per heavy atom. The van der Waals surface area contributed by atoms with Crippen LogP contribution in [0.15, 0.2) is 60.7 Å². The molecule has 4 nitrogen and oxygen atoms in total. The summed E-state index contributed by atoms with van der Waals surface area (Å²) in [6.45, 7) is 1.74. The van der Waals surface area contributed by atoms with Crippen molar-refractivity contribution < 1.29 is 23.1 Å². The van der Waals surface area contributed by atoms with E-state index >= 15 is 0 Å². The first-order valence-electron chi connectivity index (χ1n) is 9.55. The van der Waals surface area contributed by atoms with E-state index in [0.717, 1.165) is 40.6 Å². The minimum atomic E-state index is -0.803. The number of hydrogen-bond acceptors (Lipinski definition) is 3. The summed E-state index contributed by atoms with van der Waals surface area (Å²) in [5, 5.41) is 2.66. The van der Waals surface area contributed by atoms with Gasteiger partial charge in [0.1, 0.15) is 23.5 Å². The zero-order chi connectivity index (χ0) is 21.3. The standard InChI is InChI=1S/C24H19F2NO3/c1-14(28)21-4-2-3-5-22(21)15-6-7-23-16(8-15)11-20(30-23)13-27-24(29)17-9-18(25)12-19(26)10-17/h2-10,12,20H,11,13H2,1H3,(H,27,29). The summed E-state index contributed by atoms with van der Waals surface area (Å²) < 4.78 is 32.5. The largest absolute Gasteiger partial charge is 0.488 e. The van der Waals surface area contributed by atoms with Gasteiger partial charge in [-0.2, -0.15) is 0 Å². The predicted molar refractivity (Wildman–Crippen MR) is 109 cm³/mol. The highest BCUT2D eigenvalue weighted by molar-refractivity contribution is 6.00. The molecule has 1 amide bonds. The summed E-state index contributed by atoms with van der Waals surface area (Å²) in [4.78, 5) is 24.1. The molecule has 152 valence electrons. The smallest absolute Gasteiger partial charge is 0.251 e. The number of hydrogen-bond donors (Lipinski definition) is 1. The molecule has 3 aromatic rings. The second-order valence-corrected chi connectivity index (χ2v) is 7.24. The zero-order valence-corrected chi connectivity index (χ0v) is 16.2. The molecule has 1 atom stereocenters. The van der Waals surface area contributed by atoms with Crippen LogP contribution in [0.25, 0.3) is 11.1 Å². The van der Waals surface area contributed by atoms with E-state index in [4.69, 9.17) is 4.74 Å². The van der Waals surface area contributed by atoms with Crippen molar-refractivity contribution in [2.24, 2.45) is 0 Å². The molecule has 1 aliphatic heterocycles. The van der Waals surface area contributed by atoms with E-state index in [1.54, 1.807) is 13.0 Å². The van der Waals surface area contributed by atoms with Crippen molar-refractivity contribution in [3.63, 3.8) is 0 Å². The van der Waals surface area contributed by atoms with Gasteiger partial charge >= 0.3 is 0 Å². The molecule has 0 aliphatic carbocycles. The lowest BCUT2D eigenvalue weighted by molar-refractivity contribution is 0.0932. The van der Waals surface area contributed by atoms with Gasteiger partial charge < -0.3 is 10.1 Å². The van der Waals surface area contributed by atoms with Crippen molar-refractivity contribution in [1.82, 2.24) is 5.32 Å². The van der Waals surface area contributed by atoms with Crippen molar-refractivity contribution in [2.75, 3.05) is 6.54 Å². The number of ketones is 1. The summed E-state index contributed by atoms with van der Waals surface area (Å²) in [5.74, 6) is -1.46. The number of benzene rings is 3. The third-order valence-corrected chi connectivity index (χ3v) is 5.03. The number of rotatable bonds is 5. The zero-order valence-electron chi connectivity index (χ0n) is 16.2. The molecule has 4 rings (SSSR count). The van der Waals surface area contributed by atoms with Crippen molar-refractivity contribution >= 4 is 11.7 Å². The monoisotopic (exact) mass is 407 g/mol. The molecule has 0 radical (unpaired) electrons. The van der Waals surface area contributed by atoms with Crippen molar-refractivity contribution in [2.45, 2.75) is 19.4 Å². The third-order valence-electron chi connectivity index (χ3n) is 5.03.